The number of benzene rings is 1. The fourth-order valence-electron chi connectivity index (χ4n) is 2.44. The molecular formula is C17H20ClN3O3. The van der Waals surface area contributed by atoms with Gasteiger partial charge in [0.25, 0.3) is 5.91 Å². The minimum atomic E-state index is -1.11. The molecule has 0 unspecified atom stereocenters. The van der Waals surface area contributed by atoms with Crippen molar-refractivity contribution in [1.29, 1.82) is 0 Å². The lowest BCUT2D eigenvalue weighted by Gasteiger charge is -2.10. The highest BCUT2D eigenvalue weighted by Gasteiger charge is 2.17. The van der Waals surface area contributed by atoms with Gasteiger partial charge in [0.2, 0.25) is 0 Å². The molecular weight excluding hydrogens is 330 g/mol. The van der Waals surface area contributed by atoms with Crippen molar-refractivity contribution in [3.05, 3.63) is 46.2 Å². The van der Waals surface area contributed by atoms with Crippen LogP contribution in [0.4, 0.5) is 5.69 Å². The Morgan fingerprint density at radius 1 is 1.33 bits per heavy atom. The summed E-state index contributed by atoms with van der Waals surface area (Å²) in [5.41, 5.74) is 1.81. The van der Waals surface area contributed by atoms with E-state index in [1.54, 1.807) is 6.20 Å². The van der Waals surface area contributed by atoms with Crippen LogP contribution in [0.25, 0.3) is 0 Å². The third-order valence-corrected chi connectivity index (χ3v) is 3.84. The van der Waals surface area contributed by atoms with Gasteiger partial charge in [-0.15, -0.1) is 0 Å². The summed E-state index contributed by atoms with van der Waals surface area (Å²) in [5.74, 6) is -0.976. The number of aromatic nitrogens is 2. The van der Waals surface area contributed by atoms with Crippen molar-refractivity contribution in [3.8, 4) is 0 Å². The van der Waals surface area contributed by atoms with Crippen LogP contribution in [0.5, 0.6) is 0 Å². The maximum Gasteiger partial charge on any atom is 0.337 e. The van der Waals surface area contributed by atoms with E-state index in [2.05, 4.69) is 24.3 Å². The first-order valence-corrected chi connectivity index (χ1v) is 8.10. The van der Waals surface area contributed by atoms with E-state index in [1.807, 2.05) is 11.6 Å². The molecule has 2 aromatic rings. The summed E-state index contributed by atoms with van der Waals surface area (Å²) in [6.07, 6.45) is 2.25. The van der Waals surface area contributed by atoms with Crippen molar-refractivity contribution in [1.82, 2.24) is 9.78 Å². The van der Waals surface area contributed by atoms with E-state index in [-0.39, 0.29) is 16.5 Å². The molecule has 0 bridgehead atoms. The van der Waals surface area contributed by atoms with Crippen LogP contribution >= 0.6 is 11.6 Å². The summed E-state index contributed by atoms with van der Waals surface area (Å²) in [4.78, 5) is 23.5. The summed E-state index contributed by atoms with van der Waals surface area (Å²) in [7, 11) is 0. The van der Waals surface area contributed by atoms with Gasteiger partial charge in [0.05, 0.1) is 28.0 Å². The van der Waals surface area contributed by atoms with Crippen molar-refractivity contribution < 1.29 is 14.7 Å². The van der Waals surface area contributed by atoms with Gasteiger partial charge in [-0.1, -0.05) is 32.4 Å². The van der Waals surface area contributed by atoms with Crippen LogP contribution in [-0.2, 0) is 13.0 Å². The lowest BCUT2D eigenvalue weighted by atomic mass is 10.1. The highest BCUT2D eigenvalue weighted by atomic mass is 35.5. The number of hydrogen-bond acceptors (Lipinski definition) is 3. The molecule has 24 heavy (non-hydrogen) atoms. The van der Waals surface area contributed by atoms with E-state index in [1.165, 1.54) is 18.2 Å². The fraction of sp³-hybridized carbons (Fsp3) is 0.353. The van der Waals surface area contributed by atoms with E-state index < -0.39 is 5.97 Å². The van der Waals surface area contributed by atoms with E-state index in [0.29, 0.717) is 23.6 Å². The average Bonchev–Trinajstić information content (AvgIpc) is 2.88. The number of carbonyl (C=O) groups excluding carboxylic acids is 1. The van der Waals surface area contributed by atoms with E-state index in [4.69, 9.17) is 16.7 Å². The molecule has 6 nitrogen and oxygen atoms in total. The Morgan fingerprint density at radius 2 is 2.04 bits per heavy atom. The molecule has 128 valence electrons. The van der Waals surface area contributed by atoms with Crippen molar-refractivity contribution in [2.45, 2.75) is 33.7 Å². The van der Waals surface area contributed by atoms with Crippen LogP contribution in [0.2, 0.25) is 5.02 Å². The smallest absolute Gasteiger partial charge is 0.337 e. The van der Waals surface area contributed by atoms with Crippen LogP contribution in [-0.4, -0.2) is 26.8 Å². The Kier molecular flexibility index (Phi) is 5.62. The molecule has 0 aliphatic carbocycles. The second-order valence-corrected chi connectivity index (χ2v) is 6.30. The van der Waals surface area contributed by atoms with Crippen LogP contribution in [0.15, 0.2) is 24.4 Å². The van der Waals surface area contributed by atoms with Gasteiger partial charge >= 0.3 is 5.97 Å². The predicted molar refractivity (Wildman–Crippen MR) is 92.8 cm³/mol. The first-order chi connectivity index (χ1) is 11.3. The summed E-state index contributed by atoms with van der Waals surface area (Å²) in [6.45, 7) is 6.90. The number of anilines is 1. The van der Waals surface area contributed by atoms with Crippen LogP contribution < -0.4 is 5.32 Å². The SMILES string of the molecule is CCc1c(C(=O)Nc2ccc(C(=O)O)c(Cl)c2)cnn1CC(C)C. The van der Waals surface area contributed by atoms with E-state index >= 15 is 0 Å². The number of carbonyl (C=O) groups is 2. The highest BCUT2D eigenvalue weighted by Crippen LogP contribution is 2.22. The Hall–Kier alpha value is -2.34. The quantitative estimate of drug-likeness (QED) is 0.832. The lowest BCUT2D eigenvalue weighted by molar-refractivity contribution is 0.0697. The van der Waals surface area contributed by atoms with Crippen LogP contribution in [0.3, 0.4) is 0 Å². The average molecular weight is 350 g/mol. The van der Waals surface area contributed by atoms with E-state index in [9.17, 15) is 9.59 Å². The first kappa shape index (κ1) is 18.0. The third-order valence-electron chi connectivity index (χ3n) is 3.52. The number of nitrogens with zero attached hydrogens (tertiary/aromatic N) is 2. The zero-order chi connectivity index (χ0) is 17.9. The zero-order valence-electron chi connectivity index (χ0n) is 13.8. The number of aromatic carboxylic acids is 1. The largest absolute Gasteiger partial charge is 0.478 e. The van der Waals surface area contributed by atoms with Crippen LogP contribution in [0.1, 0.15) is 47.2 Å². The second-order valence-electron chi connectivity index (χ2n) is 5.89. The molecule has 0 radical (unpaired) electrons. The van der Waals surface area contributed by atoms with Gasteiger partial charge < -0.3 is 10.4 Å². The molecule has 0 aliphatic rings. The summed E-state index contributed by atoms with van der Waals surface area (Å²) < 4.78 is 1.85. The molecule has 0 fully saturated rings. The van der Waals surface area contributed by atoms with Crippen molar-refractivity contribution in [2.24, 2.45) is 5.92 Å². The molecule has 0 saturated heterocycles. The molecule has 1 amide bonds. The number of amides is 1. The summed E-state index contributed by atoms with van der Waals surface area (Å²) in [6, 6.07) is 4.30. The normalized spacial score (nSPS) is 10.9. The Balaban J connectivity index is 2.22. The van der Waals surface area contributed by atoms with E-state index in [0.717, 1.165) is 12.2 Å². The zero-order valence-corrected chi connectivity index (χ0v) is 14.6. The molecule has 1 aromatic carbocycles. The number of carboxylic acids is 1. The van der Waals surface area contributed by atoms with Crippen LogP contribution in [0, 0.1) is 5.92 Å². The van der Waals surface area contributed by atoms with Gasteiger partial charge in [0, 0.05) is 12.2 Å². The lowest BCUT2D eigenvalue weighted by Crippen LogP contribution is -2.16. The molecule has 1 heterocycles. The van der Waals surface area contributed by atoms with Gasteiger partial charge in [0.15, 0.2) is 0 Å². The number of halogens is 1. The molecule has 2 rings (SSSR count). The number of rotatable bonds is 6. The summed E-state index contributed by atoms with van der Waals surface area (Å²) >= 11 is 5.93. The molecule has 1 aromatic heterocycles. The Morgan fingerprint density at radius 3 is 2.58 bits per heavy atom. The van der Waals surface area contributed by atoms with Gasteiger partial charge in [-0.3, -0.25) is 9.48 Å². The topological polar surface area (TPSA) is 84.2 Å². The fourth-order valence-corrected chi connectivity index (χ4v) is 2.70. The maximum absolute atomic E-state index is 12.5. The molecule has 0 aliphatic heterocycles. The molecule has 0 saturated carbocycles. The third kappa shape index (κ3) is 3.94. The Bertz CT molecular complexity index is 768. The maximum atomic E-state index is 12.5. The Labute approximate surface area is 145 Å². The standard InChI is InChI=1S/C17H20ClN3O3/c1-4-15-13(8-19-21(15)9-10(2)3)16(22)20-11-5-6-12(17(23)24)14(18)7-11/h5-8,10H,4,9H2,1-3H3,(H,20,22)(H,23,24). The van der Waals surface area contributed by atoms with Gasteiger partial charge in [-0.25, -0.2) is 4.79 Å². The monoisotopic (exact) mass is 349 g/mol. The highest BCUT2D eigenvalue weighted by molar-refractivity contribution is 6.33. The van der Waals surface area contributed by atoms with Crippen molar-refractivity contribution in [3.63, 3.8) is 0 Å². The summed E-state index contributed by atoms with van der Waals surface area (Å²) in [5, 5.41) is 16.1. The number of nitrogens with one attached hydrogen (secondary N) is 1. The molecule has 7 heteroatoms. The number of hydrogen-bond donors (Lipinski definition) is 2. The molecule has 2 N–H and O–H groups in total. The predicted octanol–water partition coefficient (Wildman–Crippen LogP) is 3.71. The minimum Gasteiger partial charge on any atom is -0.478 e. The number of carboxylic acid groups (broad SMARTS) is 1. The first-order valence-electron chi connectivity index (χ1n) is 7.72. The van der Waals surface area contributed by atoms with Gasteiger partial charge in [0.1, 0.15) is 0 Å². The second kappa shape index (κ2) is 7.49. The van der Waals surface area contributed by atoms with Crippen molar-refractivity contribution >= 4 is 29.2 Å². The molecule has 0 spiro atoms. The molecule has 0 atom stereocenters. The van der Waals surface area contributed by atoms with Gasteiger partial charge in [-0.05, 0) is 30.5 Å². The van der Waals surface area contributed by atoms with Crippen molar-refractivity contribution in [2.75, 3.05) is 5.32 Å². The minimum absolute atomic E-state index is 0.00586. The van der Waals surface area contributed by atoms with Gasteiger partial charge in [-0.2, -0.15) is 5.10 Å².